The molecule has 1 fully saturated rings. The zero-order valence-electron chi connectivity index (χ0n) is 24.7. The first kappa shape index (κ1) is 28.9. The van der Waals surface area contributed by atoms with Crippen molar-refractivity contribution in [1.82, 2.24) is 24.4 Å². The lowest BCUT2D eigenvalue weighted by Crippen LogP contribution is -2.50. The standard InChI is InChI=1S/C34H35N7O3/c1-3-30(42)39-22-28(23-39)41-24-35-31-32(40(20-25-10-6-4-7-11-25)21-26-12-8-5-9-13-26)37-34(38-33(31)41)36-27-14-16-29(17-15-27)44-19-18-43-2/h3-17,24,28H,1,18-23H2,2H3,(H,36,37,38). The number of likely N-dealkylation sites (tertiary alicyclic amines) is 1. The number of rotatable bonds is 13. The molecule has 3 aromatic carbocycles. The lowest BCUT2D eigenvalue weighted by atomic mass is 10.1. The van der Waals surface area contributed by atoms with Gasteiger partial charge in [-0.1, -0.05) is 67.2 Å². The molecule has 44 heavy (non-hydrogen) atoms. The second-order valence-electron chi connectivity index (χ2n) is 10.6. The fourth-order valence-corrected chi connectivity index (χ4v) is 5.21. The molecule has 1 amide bonds. The summed E-state index contributed by atoms with van der Waals surface area (Å²) in [5, 5.41) is 3.39. The van der Waals surface area contributed by atoms with Gasteiger partial charge in [0, 0.05) is 39.0 Å². The van der Waals surface area contributed by atoms with Gasteiger partial charge in [0.1, 0.15) is 12.4 Å². The van der Waals surface area contributed by atoms with Crippen molar-refractivity contribution in [2.24, 2.45) is 0 Å². The molecule has 0 radical (unpaired) electrons. The van der Waals surface area contributed by atoms with E-state index in [1.807, 2.05) is 67.0 Å². The fourth-order valence-electron chi connectivity index (χ4n) is 5.21. The third-order valence-electron chi connectivity index (χ3n) is 7.54. The van der Waals surface area contributed by atoms with Crippen molar-refractivity contribution in [3.05, 3.63) is 115 Å². The van der Waals surface area contributed by atoms with Crippen molar-refractivity contribution in [1.29, 1.82) is 0 Å². The Balaban J connectivity index is 1.37. The number of anilines is 3. The van der Waals surface area contributed by atoms with Gasteiger partial charge in [0.15, 0.2) is 17.0 Å². The first-order valence-corrected chi connectivity index (χ1v) is 14.6. The first-order chi connectivity index (χ1) is 21.6. The van der Waals surface area contributed by atoms with Crippen LogP contribution in [0.3, 0.4) is 0 Å². The van der Waals surface area contributed by atoms with Crippen LogP contribution >= 0.6 is 0 Å². The summed E-state index contributed by atoms with van der Waals surface area (Å²) in [5.41, 5.74) is 4.55. The molecule has 10 heteroatoms. The van der Waals surface area contributed by atoms with E-state index in [4.69, 9.17) is 24.4 Å². The molecular formula is C34H35N7O3. The van der Waals surface area contributed by atoms with Crippen LogP contribution in [-0.2, 0) is 22.6 Å². The van der Waals surface area contributed by atoms with Gasteiger partial charge in [-0.25, -0.2) is 4.98 Å². The maximum absolute atomic E-state index is 12.1. The number of fused-ring (bicyclic) bond motifs is 1. The van der Waals surface area contributed by atoms with Gasteiger partial charge in [0.25, 0.3) is 0 Å². The van der Waals surface area contributed by atoms with Crippen LogP contribution in [0.25, 0.3) is 11.2 Å². The topological polar surface area (TPSA) is 97.6 Å². The minimum absolute atomic E-state index is 0.0553. The average Bonchev–Trinajstić information content (AvgIpc) is 3.45. The van der Waals surface area contributed by atoms with Crippen molar-refractivity contribution in [3.8, 4) is 5.75 Å². The van der Waals surface area contributed by atoms with Gasteiger partial charge in [0.05, 0.1) is 19.0 Å². The molecule has 1 saturated heterocycles. The molecule has 1 N–H and O–H groups in total. The molecule has 0 aliphatic carbocycles. The number of nitrogens with zero attached hydrogens (tertiary/aromatic N) is 6. The smallest absolute Gasteiger partial charge is 0.246 e. The highest BCUT2D eigenvalue weighted by molar-refractivity contribution is 5.88. The van der Waals surface area contributed by atoms with E-state index in [0.717, 1.165) is 28.4 Å². The predicted molar refractivity (Wildman–Crippen MR) is 171 cm³/mol. The van der Waals surface area contributed by atoms with Crippen LogP contribution in [0.2, 0.25) is 0 Å². The number of benzene rings is 3. The van der Waals surface area contributed by atoms with E-state index in [1.165, 1.54) is 6.08 Å². The Morgan fingerprint density at radius 1 is 0.955 bits per heavy atom. The summed E-state index contributed by atoms with van der Waals surface area (Å²) in [7, 11) is 1.65. The summed E-state index contributed by atoms with van der Waals surface area (Å²) >= 11 is 0. The maximum Gasteiger partial charge on any atom is 0.246 e. The number of ether oxygens (including phenoxy) is 2. The molecule has 10 nitrogen and oxygen atoms in total. The van der Waals surface area contributed by atoms with E-state index in [1.54, 1.807) is 12.0 Å². The quantitative estimate of drug-likeness (QED) is 0.145. The van der Waals surface area contributed by atoms with Crippen LogP contribution in [0.15, 0.2) is 104 Å². The van der Waals surface area contributed by atoms with Gasteiger partial charge >= 0.3 is 0 Å². The first-order valence-electron chi connectivity index (χ1n) is 14.6. The second-order valence-corrected chi connectivity index (χ2v) is 10.6. The monoisotopic (exact) mass is 589 g/mol. The molecule has 1 aliphatic rings. The van der Waals surface area contributed by atoms with Crippen LogP contribution in [0.1, 0.15) is 17.2 Å². The summed E-state index contributed by atoms with van der Waals surface area (Å²) in [4.78, 5) is 31.0. The summed E-state index contributed by atoms with van der Waals surface area (Å²) in [6, 6.07) is 28.4. The van der Waals surface area contributed by atoms with Crippen LogP contribution in [0.4, 0.5) is 17.5 Å². The van der Waals surface area contributed by atoms with E-state index in [2.05, 4.69) is 45.6 Å². The van der Waals surface area contributed by atoms with Gasteiger partial charge in [-0.3, -0.25) is 4.79 Å². The largest absolute Gasteiger partial charge is 0.491 e. The van der Waals surface area contributed by atoms with Crippen molar-refractivity contribution < 1.29 is 14.3 Å². The number of hydrogen-bond acceptors (Lipinski definition) is 8. The zero-order chi connectivity index (χ0) is 30.3. The molecule has 0 spiro atoms. The normalized spacial score (nSPS) is 13.0. The molecule has 0 bridgehead atoms. The highest BCUT2D eigenvalue weighted by atomic mass is 16.5. The van der Waals surface area contributed by atoms with Crippen molar-refractivity contribution in [2.45, 2.75) is 19.1 Å². The number of imidazole rings is 1. The SMILES string of the molecule is C=CC(=O)N1CC(n2cnc3c(N(Cc4ccccc4)Cc4ccccc4)nc(Nc4ccc(OCCOC)cc4)nc32)C1. The molecule has 0 unspecified atom stereocenters. The van der Waals surface area contributed by atoms with Crippen LogP contribution in [0, 0.1) is 0 Å². The lowest BCUT2D eigenvalue weighted by Gasteiger charge is -2.39. The molecule has 1 aliphatic heterocycles. The molecule has 5 aromatic rings. The number of methoxy groups -OCH3 is 1. The maximum atomic E-state index is 12.1. The van der Waals surface area contributed by atoms with Gasteiger partial charge in [0.2, 0.25) is 11.9 Å². The number of hydrogen-bond donors (Lipinski definition) is 1. The van der Waals surface area contributed by atoms with Gasteiger partial charge < -0.3 is 29.2 Å². The lowest BCUT2D eigenvalue weighted by molar-refractivity contribution is -0.131. The van der Waals surface area contributed by atoms with E-state index in [0.29, 0.717) is 56.5 Å². The Morgan fingerprint density at radius 3 is 2.23 bits per heavy atom. The molecule has 0 atom stereocenters. The summed E-state index contributed by atoms with van der Waals surface area (Å²) < 4.78 is 12.8. The number of carbonyl (C=O) groups is 1. The van der Waals surface area contributed by atoms with E-state index >= 15 is 0 Å². The van der Waals surface area contributed by atoms with E-state index < -0.39 is 0 Å². The highest BCUT2D eigenvalue weighted by Gasteiger charge is 2.33. The number of amides is 1. The Kier molecular flexibility index (Phi) is 8.79. The molecule has 224 valence electrons. The Labute approximate surface area is 256 Å². The van der Waals surface area contributed by atoms with Gasteiger partial charge in [-0.2, -0.15) is 9.97 Å². The molecule has 0 saturated carbocycles. The molecule has 3 heterocycles. The van der Waals surface area contributed by atoms with Crippen LogP contribution < -0.4 is 15.0 Å². The predicted octanol–water partition coefficient (Wildman–Crippen LogP) is 5.37. The van der Waals surface area contributed by atoms with Crippen molar-refractivity contribution >= 4 is 34.5 Å². The number of aromatic nitrogens is 4. The Bertz CT molecular complexity index is 1660. The van der Waals surface area contributed by atoms with Gasteiger partial charge in [-0.05, 0) is 41.5 Å². The number of carbonyl (C=O) groups excluding carboxylic acids is 1. The van der Waals surface area contributed by atoms with Gasteiger partial charge in [-0.15, -0.1) is 0 Å². The average molecular weight is 590 g/mol. The van der Waals surface area contributed by atoms with Crippen molar-refractivity contribution in [3.63, 3.8) is 0 Å². The minimum Gasteiger partial charge on any atom is -0.491 e. The van der Waals surface area contributed by atoms with E-state index in [-0.39, 0.29) is 11.9 Å². The Morgan fingerprint density at radius 2 is 1.61 bits per heavy atom. The molecule has 6 rings (SSSR count). The second kappa shape index (κ2) is 13.4. The summed E-state index contributed by atoms with van der Waals surface area (Å²) in [6.45, 7) is 7.02. The summed E-state index contributed by atoms with van der Waals surface area (Å²) in [6.07, 6.45) is 3.16. The summed E-state index contributed by atoms with van der Waals surface area (Å²) in [5.74, 6) is 1.85. The third kappa shape index (κ3) is 6.55. The Hall–Kier alpha value is -5.22. The minimum atomic E-state index is -0.0742. The van der Waals surface area contributed by atoms with Crippen LogP contribution in [-0.4, -0.2) is 63.7 Å². The third-order valence-corrected chi connectivity index (χ3v) is 7.54. The van der Waals surface area contributed by atoms with Crippen molar-refractivity contribution in [2.75, 3.05) is 43.6 Å². The highest BCUT2D eigenvalue weighted by Crippen LogP contribution is 2.32. The number of nitrogens with one attached hydrogen (secondary N) is 1. The molecular weight excluding hydrogens is 554 g/mol. The molecule has 2 aromatic heterocycles. The zero-order valence-corrected chi connectivity index (χ0v) is 24.7. The van der Waals surface area contributed by atoms with Crippen LogP contribution in [0.5, 0.6) is 5.75 Å². The fraction of sp³-hybridized carbons (Fsp3) is 0.235. The van der Waals surface area contributed by atoms with E-state index in [9.17, 15) is 4.79 Å².